The number of nitrogens with zero attached hydrogens (tertiary/aromatic N) is 1. The summed E-state index contributed by atoms with van der Waals surface area (Å²) in [4.78, 5) is 2.41. The molecule has 0 saturated carbocycles. The van der Waals surface area contributed by atoms with Crippen LogP contribution in [0, 0.1) is 0 Å². The Morgan fingerprint density at radius 1 is 1.23 bits per heavy atom. The standard InChI is InChI=1S/C10H24N2O/c1-4-6-12(7-5-2)8-10(11)9-13-3/h10H,4-9,11H2,1-3H3. The predicted molar refractivity (Wildman–Crippen MR) is 56.9 cm³/mol. The molecule has 0 saturated heterocycles. The summed E-state index contributed by atoms with van der Waals surface area (Å²) in [5.74, 6) is 0. The molecule has 0 aliphatic rings. The van der Waals surface area contributed by atoms with E-state index in [0.29, 0.717) is 6.61 Å². The van der Waals surface area contributed by atoms with Gasteiger partial charge in [0.2, 0.25) is 0 Å². The minimum Gasteiger partial charge on any atom is -0.383 e. The summed E-state index contributed by atoms with van der Waals surface area (Å²) in [6.45, 7) is 8.30. The first-order chi connectivity index (χ1) is 6.24. The minimum absolute atomic E-state index is 0.156. The molecule has 1 unspecified atom stereocenters. The number of nitrogens with two attached hydrogens (primary N) is 1. The molecule has 0 rings (SSSR count). The van der Waals surface area contributed by atoms with E-state index in [2.05, 4.69) is 18.7 Å². The molecular weight excluding hydrogens is 164 g/mol. The van der Waals surface area contributed by atoms with Crippen molar-refractivity contribution in [3.8, 4) is 0 Å². The lowest BCUT2D eigenvalue weighted by Crippen LogP contribution is -2.40. The van der Waals surface area contributed by atoms with Crippen LogP contribution in [0.5, 0.6) is 0 Å². The third-order valence-corrected chi connectivity index (χ3v) is 1.95. The molecule has 1 atom stereocenters. The number of hydrogen-bond acceptors (Lipinski definition) is 3. The normalized spacial score (nSPS) is 13.6. The molecule has 13 heavy (non-hydrogen) atoms. The summed E-state index contributed by atoms with van der Waals surface area (Å²) < 4.78 is 5.01. The van der Waals surface area contributed by atoms with Gasteiger partial charge in [-0.25, -0.2) is 0 Å². The fraction of sp³-hybridized carbons (Fsp3) is 1.00. The summed E-state index contributed by atoms with van der Waals surface area (Å²) in [6.07, 6.45) is 2.39. The maximum Gasteiger partial charge on any atom is 0.0626 e. The first-order valence-electron chi connectivity index (χ1n) is 5.21. The Morgan fingerprint density at radius 2 is 1.77 bits per heavy atom. The van der Waals surface area contributed by atoms with Crippen molar-refractivity contribution in [3.05, 3.63) is 0 Å². The van der Waals surface area contributed by atoms with E-state index in [9.17, 15) is 0 Å². The van der Waals surface area contributed by atoms with E-state index in [4.69, 9.17) is 10.5 Å². The lowest BCUT2D eigenvalue weighted by Gasteiger charge is -2.24. The molecule has 0 radical (unpaired) electrons. The molecule has 0 bridgehead atoms. The predicted octanol–water partition coefficient (Wildman–Crippen LogP) is 1.08. The van der Waals surface area contributed by atoms with Crippen molar-refractivity contribution < 1.29 is 4.74 Å². The Kier molecular flexibility index (Phi) is 8.40. The SMILES string of the molecule is CCCN(CCC)CC(N)COC. The Morgan fingerprint density at radius 3 is 2.15 bits per heavy atom. The van der Waals surface area contributed by atoms with Gasteiger partial charge in [-0.3, -0.25) is 0 Å². The average Bonchev–Trinajstić information content (AvgIpc) is 2.05. The average molecular weight is 188 g/mol. The molecule has 3 nitrogen and oxygen atoms in total. The third kappa shape index (κ3) is 6.99. The zero-order valence-electron chi connectivity index (χ0n) is 9.25. The molecule has 2 N–H and O–H groups in total. The van der Waals surface area contributed by atoms with Crippen molar-refractivity contribution in [2.24, 2.45) is 5.73 Å². The second-order valence-electron chi connectivity index (χ2n) is 3.52. The van der Waals surface area contributed by atoms with Crippen molar-refractivity contribution in [3.63, 3.8) is 0 Å². The molecule has 0 spiro atoms. The van der Waals surface area contributed by atoms with E-state index in [-0.39, 0.29) is 6.04 Å². The summed E-state index contributed by atoms with van der Waals surface area (Å²) in [5.41, 5.74) is 5.88. The second-order valence-corrected chi connectivity index (χ2v) is 3.52. The van der Waals surface area contributed by atoms with E-state index in [1.807, 2.05) is 0 Å². The Bertz CT molecular complexity index is 103. The van der Waals surface area contributed by atoms with Gasteiger partial charge in [0.05, 0.1) is 6.61 Å². The highest BCUT2D eigenvalue weighted by Crippen LogP contribution is 1.95. The summed E-state index contributed by atoms with van der Waals surface area (Å²) >= 11 is 0. The first kappa shape index (κ1) is 12.9. The topological polar surface area (TPSA) is 38.5 Å². The molecule has 0 aliphatic heterocycles. The lowest BCUT2D eigenvalue weighted by atomic mass is 10.2. The first-order valence-corrected chi connectivity index (χ1v) is 5.21. The van der Waals surface area contributed by atoms with Crippen LogP contribution in [-0.2, 0) is 4.74 Å². The number of hydrogen-bond donors (Lipinski definition) is 1. The molecule has 0 aliphatic carbocycles. The molecule has 3 heteroatoms. The second kappa shape index (κ2) is 8.48. The van der Waals surface area contributed by atoms with Crippen LogP contribution < -0.4 is 5.73 Å². The quantitative estimate of drug-likeness (QED) is 0.619. The van der Waals surface area contributed by atoms with Crippen LogP contribution in [0.1, 0.15) is 26.7 Å². The molecule has 0 aromatic heterocycles. The Labute approximate surface area is 82.2 Å². The highest BCUT2D eigenvalue weighted by molar-refractivity contribution is 4.67. The fourth-order valence-electron chi connectivity index (χ4n) is 1.53. The van der Waals surface area contributed by atoms with E-state index in [0.717, 1.165) is 19.6 Å². The molecule has 80 valence electrons. The maximum absolute atomic E-state index is 5.88. The minimum atomic E-state index is 0.156. The van der Waals surface area contributed by atoms with Crippen molar-refractivity contribution >= 4 is 0 Å². The van der Waals surface area contributed by atoms with Crippen LogP contribution in [0.25, 0.3) is 0 Å². The van der Waals surface area contributed by atoms with Crippen LogP contribution >= 0.6 is 0 Å². The van der Waals surface area contributed by atoms with E-state index in [1.54, 1.807) is 7.11 Å². The zero-order chi connectivity index (χ0) is 10.1. The lowest BCUT2D eigenvalue weighted by molar-refractivity contribution is 0.153. The van der Waals surface area contributed by atoms with Gasteiger partial charge < -0.3 is 15.4 Å². The highest BCUT2D eigenvalue weighted by Gasteiger charge is 2.08. The summed E-state index contributed by atoms with van der Waals surface area (Å²) in [5, 5.41) is 0. The Balaban J connectivity index is 3.64. The van der Waals surface area contributed by atoms with Gasteiger partial charge in [-0.2, -0.15) is 0 Å². The van der Waals surface area contributed by atoms with Crippen LogP contribution in [0.3, 0.4) is 0 Å². The Hall–Kier alpha value is -0.120. The molecule has 0 fully saturated rings. The molecule has 0 aromatic carbocycles. The largest absolute Gasteiger partial charge is 0.383 e. The van der Waals surface area contributed by atoms with Gasteiger partial charge in [-0.1, -0.05) is 13.8 Å². The maximum atomic E-state index is 5.88. The van der Waals surface area contributed by atoms with Gasteiger partial charge in [0, 0.05) is 19.7 Å². The van der Waals surface area contributed by atoms with Crippen molar-refractivity contribution in [2.45, 2.75) is 32.7 Å². The van der Waals surface area contributed by atoms with E-state index in [1.165, 1.54) is 12.8 Å². The van der Waals surface area contributed by atoms with Gasteiger partial charge in [0.1, 0.15) is 0 Å². The van der Waals surface area contributed by atoms with Gasteiger partial charge >= 0.3 is 0 Å². The van der Waals surface area contributed by atoms with Crippen molar-refractivity contribution in [2.75, 3.05) is 33.4 Å². The summed E-state index contributed by atoms with van der Waals surface area (Å²) in [6, 6.07) is 0.156. The van der Waals surface area contributed by atoms with Crippen molar-refractivity contribution in [1.29, 1.82) is 0 Å². The number of rotatable bonds is 8. The molecule has 0 heterocycles. The van der Waals surface area contributed by atoms with E-state index >= 15 is 0 Å². The number of methoxy groups -OCH3 is 1. The van der Waals surface area contributed by atoms with Gasteiger partial charge in [0.25, 0.3) is 0 Å². The van der Waals surface area contributed by atoms with E-state index < -0.39 is 0 Å². The summed E-state index contributed by atoms with van der Waals surface area (Å²) in [7, 11) is 1.70. The van der Waals surface area contributed by atoms with Gasteiger partial charge in [-0.15, -0.1) is 0 Å². The monoisotopic (exact) mass is 188 g/mol. The fourth-order valence-corrected chi connectivity index (χ4v) is 1.53. The van der Waals surface area contributed by atoms with Crippen LogP contribution in [0.15, 0.2) is 0 Å². The third-order valence-electron chi connectivity index (χ3n) is 1.95. The van der Waals surface area contributed by atoms with Gasteiger partial charge in [-0.05, 0) is 25.9 Å². The van der Waals surface area contributed by atoms with Crippen molar-refractivity contribution in [1.82, 2.24) is 4.90 Å². The molecule has 0 amide bonds. The number of ether oxygens (including phenoxy) is 1. The molecule has 0 aromatic rings. The highest BCUT2D eigenvalue weighted by atomic mass is 16.5. The smallest absolute Gasteiger partial charge is 0.0626 e. The molecular formula is C10H24N2O. The van der Waals surface area contributed by atoms with Crippen LogP contribution in [0.4, 0.5) is 0 Å². The zero-order valence-corrected chi connectivity index (χ0v) is 9.25. The van der Waals surface area contributed by atoms with Crippen LogP contribution in [-0.4, -0.2) is 44.3 Å². The van der Waals surface area contributed by atoms with Crippen LogP contribution in [0.2, 0.25) is 0 Å². The van der Waals surface area contributed by atoms with Gasteiger partial charge in [0.15, 0.2) is 0 Å².